The number of benzene rings is 1. The van der Waals surface area contributed by atoms with Crippen LogP contribution in [0.25, 0.3) is 10.2 Å². The van der Waals surface area contributed by atoms with Gasteiger partial charge in [0.1, 0.15) is 6.10 Å². The average Bonchev–Trinajstić information content (AvgIpc) is 3.06. The van der Waals surface area contributed by atoms with Crippen molar-refractivity contribution < 1.29 is 14.5 Å². The first-order valence-electron chi connectivity index (χ1n) is 6.11. The molecule has 0 spiro atoms. The molecular weight excluding hydrogens is 282 g/mol. The van der Waals surface area contributed by atoms with Crippen LogP contribution in [0.15, 0.2) is 18.2 Å². The van der Waals surface area contributed by atoms with Crippen LogP contribution in [-0.4, -0.2) is 28.5 Å². The van der Waals surface area contributed by atoms with Gasteiger partial charge in [-0.1, -0.05) is 11.3 Å². The number of amides is 1. The minimum atomic E-state index is -0.455. The Morgan fingerprint density at radius 1 is 1.55 bits per heavy atom. The molecule has 3 rings (SSSR count). The number of ether oxygens (including phenoxy) is 1. The Bertz CT molecular complexity index is 678. The van der Waals surface area contributed by atoms with Crippen molar-refractivity contribution >= 4 is 38.3 Å². The summed E-state index contributed by atoms with van der Waals surface area (Å²) in [6.45, 7) is 0.601. The molecule has 0 bridgehead atoms. The number of fused-ring (bicyclic) bond motifs is 1. The van der Waals surface area contributed by atoms with Gasteiger partial charge in [0.2, 0.25) is 0 Å². The summed E-state index contributed by atoms with van der Waals surface area (Å²) < 4.78 is 5.96. The van der Waals surface area contributed by atoms with Crippen molar-refractivity contribution in [3.8, 4) is 0 Å². The molecule has 1 N–H and O–H groups in total. The smallest absolute Gasteiger partial charge is 0.270 e. The second kappa shape index (κ2) is 5.14. The fourth-order valence-electron chi connectivity index (χ4n) is 2.05. The molecular formula is C12H11N3O4S. The van der Waals surface area contributed by atoms with Crippen molar-refractivity contribution in [2.24, 2.45) is 0 Å². The maximum absolute atomic E-state index is 11.9. The number of nitrogens with zero attached hydrogens (tertiary/aromatic N) is 2. The van der Waals surface area contributed by atoms with Gasteiger partial charge in [-0.05, 0) is 18.9 Å². The van der Waals surface area contributed by atoms with Crippen molar-refractivity contribution in [2.75, 3.05) is 11.9 Å². The number of rotatable bonds is 3. The van der Waals surface area contributed by atoms with Crippen LogP contribution >= 0.6 is 11.3 Å². The van der Waals surface area contributed by atoms with E-state index in [1.54, 1.807) is 6.07 Å². The van der Waals surface area contributed by atoms with Crippen LogP contribution in [0.5, 0.6) is 0 Å². The molecule has 2 aromatic rings. The second-order valence-corrected chi connectivity index (χ2v) is 5.45. The number of thiazole rings is 1. The van der Waals surface area contributed by atoms with Gasteiger partial charge in [-0.3, -0.25) is 20.2 Å². The van der Waals surface area contributed by atoms with E-state index in [1.165, 1.54) is 23.5 Å². The normalized spacial score (nSPS) is 18.3. The van der Waals surface area contributed by atoms with E-state index in [-0.39, 0.29) is 11.6 Å². The minimum Gasteiger partial charge on any atom is -0.368 e. The number of hydrogen-bond acceptors (Lipinski definition) is 6. The summed E-state index contributed by atoms with van der Waals surface area (Å²) in [7, 11) is 0. The molecule has 104 valence electrons. The van der Waals surface area contributed by atoms with Crippen molar-refractivity contribution in [3.05, 3.63) is 28.3 Å². The van der Waals surface area contributed by atoms with Gasteiger partial charge in [0, 0.05) is 18.7 Å². The first-order valence-corrected chi connectivity index (χ1v) is 6.92. The summed E-state index contributed by atoms with van der Waals surface area (Å²) >= 11 is 1.21. The second-order valence-electron chi connectivity index (χ2n) is 4.42. The van der Waals surface area contributed by atoms with Crippen molar-refractivity contribution in [1.29, 1.82) is 0 Å². The van der Waals surface area contributed by atoms with Gasteiger partial charge in [-0.2, -0.15) is 0 Å². The van der Waals surface area contributed by atoms with E-state index in [2.05, 4.69) is 10.3 Å². The summed E-state index contributed by atoms with van der Waals surface area (Å²) in [6, 6.07) is 4.42. The van der Waals surface area contributed by atoms with Gasteiger partial charge in [0.05, 0.1) is 15.1 Å². The Balaban J connectivity index is 1.81. The lowest BCUT2D eigenvalue weighted by Gasteiger charge is -2.07. The predicted molar refractivity (Wildman–Crippen MR) is 73.9 cm³/mol. The molecule has 7 nitrogen and oxygen atoms in total. The maximum atomic E-state index is 11.9. The highest BCUT2D eigenvalue weighted by molar-refractivity contribution is 7.22. The molecule has 0 saturated carbocycles. The number of nitro groups is 1. The third-order valence-corrected chi connectivity index (χ3v) is 3.97. The largest absolute Gasteiger partial charge is 0.368 e. The predicted octanol–water partition coefficient (Wildman–Crippen LogP) is 2.32. The van der Waals surface area contributed by atoms with Gasteiger partial charge in [0.15, 0.2) is 5.13 Å². The van der Waals surface area contributed by atoms with Crippen molar-refractivity contribution in [2.45, 2.75) is 18.9 Å². The van der Waals surface area contributed by atoms with Crippen LogP contribution in [0.1, 0.15) is 12.8 Å². The molecule has 1 aliphatic rings. The van der Waals surface area contributed by atoms with E-state index in [4.69, 9.17) is 4.74 Å². The number of non-ortho nitro benzene ring substituents is 1. The SMILES string of the molecule is O=C(Nc1nc2ccc([N+](=O)[O-])cc2s1)[C@H]1CCCO1. The standard InChI is InChI=1S/C12H11N3O4S/c16-11(9-2-1-5-19-9)14-12-13-8-4-3-7(15(17)18)6-10(8)20-12/h3-4,6,9H,1-2,5H2,(H,13,14,16)/t9-/m1/s1. The molecule has 8 heteroatoms. The van der Waals surface area contributed by atoms with Crippen LogP contribution in [0.4, 0.5) is 10.8 Å². The fourth-order valence-corrected chi connectivity index (χ4v) is 2.95. The average molecular weight is 293 g/mol. The van der Waals surface area contributed by atoms with Gasteiger partial charge < -0.3 is 4.74 Å². The number of anilines is 1. The highest BCUT2D eigenvalue weighted by Crippen LogP contribution is 2.29. The molecule has 2 heterocycles. The zero-order valence-corrected chi connectivity index (χ0v) is 11.2. The first kappa shape index (κ1) is 12.9. The summed E-state index contributed by atoms with van der Waals surface area (Å²) in [5, 5.41) is 13.8. The fraction of sp³-hybridized carbons (Fsp3) is 0.333. The van der Waals surface area contributed by atoms with Crippen LogP contribution in [0, 0.1) is 10.1 Å². The van der Waals surface area contributed by atoms with Gasteiger partial charge >= 0.3 is 0 Å². The Morgan fingerprint density at radius 2 is 2.40 bits per heavy atom. The Morgan fingerprint density at radius 3 is 3.10 bits per heavy atom. The molecule has 1 aromatic heterocycles. The van der Waals surface area contributed by atoms with Gasteiger partial charge in [-0.25, -0.2) is 4.98 Å². The lowest BCUT2D eigenvalue weighted by molar-refractivity contribution is -0.384. The first-order chi connectivity index (χ1) is 9.63. The number of carbonyl (C=O) groups excluding carboxylic acids is 1. The number of aromatic nitrogens is 1. The maximum Gasteiger partial charge on any atom is 0.270 e. The summed E-state index contributed by atoms with van der Waals surface area (Å²) in [5.41, 5.74) is 0.640. The summed E-state index contributed by atoms with van der Waals surface area (Å²) in [6.07, 6.45) is 1.17. The third kappa shape index (κ3) is 2.47. The topological polar surface area (TPSA) is 94.4 Å². The van der Waals surface area contributed by atoms with E-state index in [0.717, 1.165) is 6.42 Å². The quantitative estimate of drug-likeness (QED) is 0.692. The molecule has 1 saturated heterocycles. The Hall–Kier alpha value is -2.06. The van der Waals surface area contributed by atoms with E-state index >= 15 is 0 Å². The Labute approximate surface area is 117 Å². The van der Waals surface area contributed by atoms with Crippen LogP contribution < -0.4 is 5.32 Å². The minimum absolute atomic E-state index is 0.0122. The van der Waals surface area contributed by atoms with Crippen molar-refractivity contribution in [1.82, 2.24) is 4.98 Å². The van der Waals surface area contributed by atoms with E-state index < -0.39 is 11.0 Å². The monoisotopic (exact) mass is 293 g/mol. The molecule has 0 unspecified atom stereocenters. The molecule has 1 aliphatic heterocycles. The lowest BCUT2D eigenvalue weighted by Crippen LogP contribution is -2.26. The van der Waals surface area contributed by atoms with Gasteiger partial charge in [-0.15, -0.1) is 0 Å². The molecule has 0 radical (unpaired) electrons. The van der Waals surface area contributed by atoms with Gasteiger partial charge in [0.25, 0.3) is 11.6 Å². The van der Waals surface area contributed by atoms with Crippen molar-refractivity contribution in [3.63, 3.8) is 0 Å². The summed E-state index contributed by atoms with van der Waals surface area (Å²) in [4.78, 5) is 26.4. The van der Waals surface area contributed by atoms with Crippen LogP contribution in [0.3, 0.4) is 0 Å². The number of nitrogens with one attached hydrogen (secondary N) is 1. The number of nitro benzene ring substituents is 1. The molecule has 1 amide bonds. The zero-order valence-electron chi connectivity index (χ0n) is 10.4. The Kier molecular flexibility index (Phi) is 3.33. The summed E-state index contributed by atoms with van der Waals surface area (Å²) in [5.74, 6) is -0.212. The zero-order chi connectivity index (χ0) is 14.1. The third-order valence-electron chi connectivity index (χ3n) is 3.04. The van der Waals surface area contributed by atoms with E-state index in [1.807, 2.05) is 0 Å². The molecule has 0 aliphatic carbocycles. The molecule has 1 aromatic carbocycles. The lowest BCUT2D eigenvalue weighted by atomic mass is 10.2. The highest BCUT2D eigenvalue weighted by Gasteiger charge is 2.24. The molecule has 1 fully saturated rings. The van der Waals surface area contributed by atoms with Crippen LogP contribution in [0.2, 0.25) is 0 Å². The molecule has 20 heavy (non-hydrogen) atoms. The van der Waals surface area contributed by atoms with E-state index in [0.29, 0.717) is 28.4 Å². The number of carbonyl (C=O) groups is 1. The van der Waals surface area contributed by atoms with E-state index in [9.17, 15) is 14.9 Å². The molecule has 1 atom stereocenters. The number of hydrogen-bond donors (Lipinski definition) is 1. The van der Waals surface area contributed by atoms with Crippen LogP contribution in [-0.2, 0) is 9.53 Å². The highest BCUT2D eigenvalue weighted by atomic mass is 32.1.